The van der Waals surface area contributed by atoms with Gasteiger partial charge in [0.15, 0.2) is 0 Å². The number of nitrogens with zero attached hydrogens (tertiary/aromatic N) is 1. The zero-order valence-corrected chi connectivity index (χ0v) is 21.0. The third kappa shape index (κ3) is 6.96. The molecule has 0 saturated heterocycles. The first-order chi connectivity index (χ1) is 17.7. The number of rotatable bonds is 8. The largest absolute Gasteiger partial charge is 0.497 e. The molecule has 0 aliphatic heterocycles. The van der Waals surface area contributed by atoms with Crippen LogP contribution in [-0.2, 0) is 11.9 Å². The Morgan fingerprint density at radius 3 is 2.35 bits per heavy atom. The molecule has 1 heterocycles. The SMILES string of the molecule is COc1ccc(CSc2c(Cl)ccnc2C(=O)Nc2ccc(Oc3cccc(C(F)(F)F)c3)cc2)cc1. The average molecular weight is 545 g/mol. The van der Waals surface area contributed by atoms with E-state index in [1.54, 1.807) is 37.4 Å². The van der Waals surface area contributed by atoms with E-state index in [-0.39, 0.29) is 11.4 Å². The zero-order valence-electron chi connectivity index (χ0n) is 19.4. The van der Waals surface area contributed by atoms with Gasteiger partial charge in [0.2, 0.25) is 0 Å². The van der Waals surface area contributed by atoms with Crippen LogP contribution in [0.25, 0.3) is 0 Å². The van der Waals surface area contributed by atoms with Gasteiger partial charge in [0.1, 0.15) is 22.9 Å². The second kappa shape index (κ2) is 11.6. The highest BCUT2D eigenvalue weighted by Crippen LogP contribution is 2.34. The van der Waals surface area contributed by atoms with Gasteiger partial charge in [-0.25, -0.2) is 4.98 Å². The molecule has 0 bridgehead atoms. The van der Waals surface area contributed by atoms with Crippen molar-refractivity contribution in [3.8, 4) is 17.2 Å². The lowest BCUT2D eigenvalue weighted by Crippen LogP contribution is -2.15. The predicted molar refractivity (Wildman–Crippen MR) is 138 cm³/mol. The van der Waals surface area contributed by atoms with Gasteiger partial charge in [0.05, 0.1) is 22.6 Å². The summed E-state index contributed by atoms with van der Waals surface area (Å²) in [7, 11) is 1.60. The molecule has 0 spiro atoms. The number of amides is 1. The quantitative estimate of drug-likeness (QED) is 0.227. The van der Waals surface area contributed by atoms with Crippen molar-refractivity contribution in [2.24, 2.45) is 0 Å². The Labute approximate surface area is 220 Å². The fraction of sp³-hybridized carbons (Fsp3) is 0.111. The number of carbonyl (C=O) groups is 1. The minimum Gasteiger partial charge on any atom is -0.497 e. The number of pyridine rings is 1. The molecule has 4 rings (SSSR count). The van der Waals surface area contributed by atoms with E-state index in [1.165, 1.54) is 30.1 Å². The van der Waals surface area contributed by atoms with Gasteiger partial charge in [-0.1, -0.05) is 29.8 Å². The van der Waals surface area contributed by atoms with Crippen LogP contribution in [-0.4, -0.2) is 18.0 Å². The Morgan fingerprint density at radius 1 is 0.973 bits per heavy atom. The maximum atomic E-state index is 13.0. The lowest BCUT2D eigenvalue weighted by atomic mass is 10.2. The van der Waals surface area contributed by atoms with Gasteiger partial charge in [-0.3, -0.25) is 4.79 Å². The molecule has 0 aliphatic carbocycles. The minimum atomic E-state index is -4.46. The molecule has 1 N–H and O–H groups in total. The zero-order chi connectivity index (χ0) is 26.4. The lowest BCUT2D eigenvalue weighted by molar-refractivity contribution is -0.137. The topological polar surface area (TPSA) is 60.5 Å². The van der Waals surface area contributed by atoms with Gasteiger partial charge in [0.25, 0.3) is 5.91 Å². The lowest BCUT2D eigenvalue weighted by Gasteiger charge is -2.12. The number of methoxy groups -OCH3 is 1. The van der Waals surface area contributed by atoms with Gasteiger partial charge < -0.3 is 14.8 Å². The van der Waals surface area contributed by atoms with Crippen LogP contribution < -0.4 is 14.8 Å². The monoisotopic (exact) mass is 544 g/mol. The van der Waals surface area contributed by atoms with Crippen LogP contribution in [0.3, 0.4) is 0 Å². The summed E-state index contributed by atoms with van der Waals surface area (Å²) in [4.78, 5) is 17.8. The third-order valence-corrected chi connectivity index (χ3v) is 6.73. The molecule has 0 unspecified atom stereocenters. The highest BCUT2D eigenvalue weighted by Gasteiger charge is 2.30. The van der Waals surface area contributed by atoms with Gasteiger partial charge in [-0.2, -0.15) is 13.2 Å². The Bertz CT molecular complexity index is 1380. The number of anilines is 1. The number of thioether (sulfide) groups is 1. The predicted octanol–water partition coefficient (Wildman–Crippen LogP) is 8.10. The van der Waals surface area contributed by atoms with Crippen molar-refractivity contribution in [3.05, 3.63) is 107 Å². The number of hydrogen-bond donors (Lipinski definition) is 1. The van der Waals surface area contributed by atoms with E-state index < -0.39 is 17.6 Å². The summed E-state index contributed by atoms with van der Waals surface area (Å²) in [5.41, 5.74) is 0.849. The Balaban J connectivity index is 1.43. The van der Waals surface area contributed by atoms with Crippen molar-refractivity contribution >= 4 is 35.0 Å². The van der Waals surface area contributed by atoms with Crippen LogP contribution in [0.1, 0.15) is 21.6 Å². The second-order valence-electron chi connectivity index (χ2n) is 7.71. The summed E-state index contributed by atoms with van der Waals surface area (Å²) < 4.78 is 49.5. The number of aromatic nitrogens is 1. The van der Waals surface area contributed by atoms with Crippen LogP contribution in [0.15, 0.2) is 90.0 Å². The molecule has 0 atom stereocenters. The maximum absolute atomic E-state index is 13.0. The Hall–Kier alpha value is -3.69. The Morgan fingerprint density at radius 2 is 1.68 bits per heavy atom. The van der Waals surface area contributed by atoms with Crippen molar-refractivity contribution in [1.82, 2.24) is 4.98 Å². The van der Waals surface area contributed by atoms with Crippen molar-refractivity contribution in [1.29, 1.82) is 0 Å². The van der Waals surface area contributed by atoms with Crippen LogP contribution in [0.2, 0.25) is 5.02 Å². The fourth-order valence-corrected chi connectivity index (χ4v) is 4.57. The first kappa shape index (κ1) is 26.4. The highest BCUT2D eigenvalue weighted by atomic mass is 35.5. The number of nitrogens with one attached hydrogen (secondary N) is 1. The van der Waals surface area contributed by atoms with Crippen LogP contribution in [0.5, 0.6) is 17.2 Å². The first-order valence-corrected chi connectivity index (χ1v) is 12.3. The molecule has 0 saturated carbocycles. The van der Waals surface area contributed by atoms with Crippen molar-refractivity contribution in [3.63, 3.8) is 0 Å². The molecule has 3 aromatic carbocycles. The van der Waals surface area contributed by atoms with Crippen molar-refractivity contribution in [2.75, 3.05) is 12.4 Å². The fourth-order valence-electron chi connectivity index (χ4n) is 3.27. The molecule has 4 aromatic rings. The normalized spacial score (nSPS) is 11.2. The molecule has 1 aromatic heterocycles. The molecule has 190 valence electrons. The van der Waals surface area contributed by atoms with Gasteiger partial charge >= 0.3 is 6.18 Å². The number of carbonyl (C=O) groups excluding carboxylic acids is 1. The molecule has 0 fully saturated rings. The van der Waals surface area contributed by atoms with Crippen LogP contribution in [0.4, 0.5) is 18.9 Å². The van der Waals surface area contributed by atoms with E-state index in [4.69, 9.17) is 21.1 Å². The van der Waals surface area contributed by atoms with E-state index in [0.717, 1.165) is 23.4 Å². The second-order valence-corrected chi connectivity index (χ2v) is 9.11. The summed E-state index contributed by atoms with van der Waals surface area (Å²) in [5, 5.41) is 3.17. The average Bonchev–Trinajstić information content (AvgIpc) is 2.89. The number of alkyl halides is 3. The van der Waals surface area contributed by atoms with E-state index in [2.05, 4.69) is 10.3 Å². The van der Waals surface area contributed by atoms with E-state index in [1.807, 2.05) is 24.3 Å². The smallest absolute Gasteiger partial charge is 0.416 e. The molecular weight excluding hydrogens is 525 g/mol. The molecule has 10 heteroatoms. The Kier molecular flexibility index (Phi) is 8.25. The van der Waals surface area contributed by atoms with E-state index in [9.17, 15) is 18.0 Å². The van der Waals surface area contributed by atoms with Crippen LogP contribution in [0, 0.1) is 0 Å². The van der Waals surface area contributed by atoms with Gasteiger partial charge in [0, 0.05) is 17.6 Å². The number of halogens is 4. The molecule has 1 amide bonds. The minimum absolute atomic E-state index is 0.0493. The number of benzene rings is 3. The summed E-state index contributed by atoms with van der Waals surface area (Å²) in [5.74, 6) is 1.23. The molecular formula is C27H20ClF3N2O3S. The van der Waals surface area contributed by atoms with Crippen molar-refractivity contribution in [2.45, 2.75) is 16.8 Å². The third-order valence-electron chi connectivity index (χ3n) is 5.12. The van der Waals surface area contributed by atoms with E-state index >= 15 is 0 Å². The van der Waals surface area contributed by atoms with Crippen molar-refractivity contribution < 1.29 is 27.4 Å². The first-order valence-electron chi connectivity index (χ1n) is 10.9. The van der Waals surface area contributed by atoms with Gasteiger partial charge in [-0.05, 0) is 66.2 Å². The summed E-state index contributed by atoms with van der Waals surface area (Å²) in [6, 6.07) is 20.0. The summed E-state index contributed by atoms with van der Waals surface area (Å²) >= 11 is 7.77. The van der Waals surface area contributed by atoms with E-state index in [0.29, 0.717) is 27.1 Å². The molecule has 0 aliphatic rings. The number of ether oxygens (including phenoxy) is 2. The summed E-state index contributed by atoms with van der Waals surface area (Å²) in [6.45, 7) is 0. The number of hydrogen-bond acceptors (Lipinski definition) is 5. The van der Waals surface area contributed by atoms with Crippen LogP contribution >= 0.6 is 23.4 Å². The summed E-state index contributed by atoms with van der Waals surface area (Å²) in [6.07, 6.45) is -3.01. The standard InChI is InChI=1S/C27H20ClF3N2O3S/c1-35-20-9-5-17(6-10-20)16-37-25-23(28)13-14-32-24(25)26(34)33-19-7-11-21(12-8-19)36-22-4-2-3-18(15-22)27(29,30)31/h2-15H,16H2,1H3,(H,33,34). The molecule has 5 nitrogen and oxygen atoms in total. The molecule has 37 heavy (non-hydrogen) atoms. The molecule has 0 radical (unpaired) electrons. The van der Waals surface area contributed by atoms with Gasteiger partial charge in [-0.15, -0.1) is 11.8 Å². The highest BCUT2D eigenvalue weighted by molar-refractivity contribution is 7.98. The maximum Gasteiger partial charge on any atom is 0.416 e.